The van der Waals surface area contributed by atoms with Crippen LogP contribution in [0.3, 0.4) is 0 Å². The molecule has 1 atom stereocenters. The first-order valence-corrected chi connectivity index (χ1v) is 7.02. The van der Waals surface area contributed by atoms with E-state index in [4.69, 9.17) is 5.73 Å². The number of hydrogen-bond acceptors (Lipinski definition) is 2. The molecule has 0 saturated heterocycles. The quantitative estimate of drug-likeness (QED) is 0.823. The molecule has 0 aliphatic heterocycles. The number of nitrogens with one attached hydrogen (secondary N) is 1. The Labute approximate surface area is 116 Å². The second-order valence-electron chi connectivity index (χ2n) is 7.91. The van der Waals surface area contributed by atoms with E-state index in [9.17, 15) is 9.59 Å². The molecular formula is C15H28N2O2. The third-order valence-electron chi connectivity index (χ3n) is 3.92. The van der Waals surface area contributed by atoms with Gasteiger partial charge in [-0.15, -0.1) is 0 Å². The van der Waals surface area contributed by atoms with Crippen LogP contribution >= 0.6 is 0 Å². The summed E-state index contributed by atoms with van der Waals surface area (Å²) in [7, 11) is 0. The Morgan fingerprint density at radius 3 is 1.79 bits per heavy atom. The SMILES string of the molecule is CC(C)(C)NC(=O)[C@H](C(C)(C)C)C1(C(N)=O)CCC1. The van der Waals surface area contributed by atoms with E-state index in [1.807, 2.05) is 41.5 Å². The maximum atomic E-state index is 12.6. The fourth-order valence-electron chi connectivity index (χ4n) is 3.15. The molecule has 19 heavy (non-hydrogen) atoms. The molecule has 0 heterocycles. The van der Waals surface area contributed by atoms with Crippen molar-refractivity contribution in [1.82, 2.24) is 5.32 Å². The summed E-state index contributed by atoms with van der Waals surface area (Å²) < 4.78 is 0. The van der Waals surface area contributed by atoms with Gasteiger partial charge < -0.3 is 11.1 Å². The Kier molecular flexibility index (Phi) is 4.04. The van der Waals surface area contributed by atoms with E-state index in [0.717, 1.165) is 19.3 Å². The second kappa shape index (κ2) is 4.80. The van der Waals surface area contributed by atoms with Gasteiger partial charge in [0, 0.05) is 5.54 Å². The van der Waals surface area contributed by atoms with Crippen LogP contribution in [0.15, 0.2) is 0 Å². The highest BCUT2D eigenvalue weighted by atomic mass is 16.2. The van der Waals surface area contributed by atoms with Crippen LogP contribution in [0.1, 0.15) is 60.8 Å². The third kappa shape index (κ3) is 3.28. The lowest BCUT2D eigenvalue weighted by Gasteiger charge is -2.49. The Bertz CT molecular complexity index is 371. The van der Waals surface area contributed by atoms with Crippen molar-refractivity contribution < 1.29 is 9.59 Å². The van der Waals surface area contributed by atoms with Gasteiger partial charge in [-0.3, -0.25) is 9.59 Å². The lowest BCUT2D eigenvalue weighted by Crippen LogP contribution is -2.59. The number of rotatable bonds is 3. The van der Waals surface area contributed by atoms with Crippen molar-refractivity contribution in [2.24, 2.45) is 22.5 Å². The van der Waals surface area contributed by atoms with Crippen LogP contribution in [0.4, 0.5) is 0 Å². The Balaban J connectivity index is 3.10. The van der Waals surface area contributed by atoms with E-state index < -0.39 is 5.41 Å². The van der Waals surface area contributed by atoms with Gasteiger partial charge in [0.1, 0.15) is 0 Å². The third-order valence-corrected chi connectivity index (χ3v) is 3.92. The molecule has 1 aliphatic rings. The van der Waals surface area contributed by atoms with Gasteiger partial charge in [-0.25, -0.2) is 0 Å². The molecule has 4 heteroatoms. The summed E-state index contributed by atoms with van der Waals surface area (Å²) in [5.41, 5.74) is 4.36. The first kappa shape index (κ1) is 16.0. The summed E-state index contributed by atoms with van der Waals surface area (Å²) >= 11 is 0. The lowest BCUT2D eigenvalue weighted by atomic mass is 9.54. The molecule has 0 spiro atoms. The highest BCUT2D eigenvalue weighted by molar-refractivity contribution is 5.91. The van der Waals surface area contributed by atoms with Gasteiger partial charge in [0.25, 0.3) is 0 Å². The molecule has 0 unspecified atom stereocenters. The summed E-state index contributed by atoms with van der Waals surface area (Å²) in [5.74, 6) is -0.758. The van der Waals surface area contributed by atoms with Gasteiger partial charge in [0.15, 0.2) is 0 Å². The van der Waals surface area contributed by atoms with Gasteiger partial charge >= 0.3 is 0 Å². The summed E-state index contributed by atoms with van der Waals surface area (Å²) in [4.78, 5) is 24.5. The standard InChI is InChI=1S/C15H28N2O2/c1-13(2,3)10(11(18)17-14(4,5)6)15(12(16)19)8-7-9-15/h10H,7-9H2,1-6H3,(H2,16,19)(H,17,18)/t10-/m1/s1. The van der Waals surface area contributed by atoms with E-state index in [1.165, 1.54) is 0 Å². The van der Waals surface area contributed by atoms with Crippen LogP contribution in [0.2, 0.25) is 0 Å². The van der Waals surface area contributed by atoms with Crippen LogP contribution in [0.25, 0.3) is 0 Å². The minimum absolute atomic E-state index is 0.0569. The van der Waals surface area contributed by atoms with Gasteiger partial charge in [-0.05, 0) is 39.0 Å². The van der Waals surface area contributed by atoms with Crippen LogP contribution in [-0.2, 0) is 9.59 Å². The number of nitrogens with two attached hydrogens (primary N) is 1. The van der Waals surface area contributed by atoms with E-state index in [2.05, 4.69) is 5.32 Å². The molecule has 3 N–H and O–H groups in total. The largest absolute Gasteiger partial charge is 0.369 e. The van der Waals surface area contributed by atoms with Crippen molar-refractivity contribution in [3.05, 3.63) is 0 Å². The van der Waals surface area contributed by atoms with Gasteiger partial charge in [-0.1, -0.05) is 27.2 Å². The summed E-state index contributed by atoms with van der Waals surface area (Å²) in [6.45, 7) is 11.8. The van der Waals surface area contributed by atoms with E-state index in [1.54, 1.807) is 0 Å². The number of carbonyl (C=O) groups is 2. The molecule has 0 aromatic heterocycles. The molecule has 0 radical (unpaired) electrons. The van der Waals surface area contributed by atoms with Crippen molar-refractivity contribution in [2.45, 2.75) is 66.3 Å². The highest BCUT2D eigenvalue weighted by Gasteiger charge is 2.56. The number of hydrogen-bond donors (Lipinski definition) is 2. The van der Waals surface area contributed by atoms with Crippen LogP contribution in [-0.4, -0.2) is 17.4 Å². The van der Waals surface area contributed by atoms with E-state index >= 15 is 0 Å². The zero-order valence-electron chi connectivity index (χ0n) is 13.1. The monoisotopic (exact) mass is 268 g/mol. The molecule has 1 fully saturated rings. The summed E-state index contributed by atoms with van der Waals surface area (Å²) in [6, 6.07) is 0. The number of carbonyl (C=O) groups excluding carboxylic acids is 2. The molecule has 1 rings (SSSR count). The zero-order valence-corrected chi connectivity index (χ0v) is 13.1. The Morgan fingerprint density at radius 1 is 1.11 bits per heavy atom. The maximum absolute atomic E-state index is 12.6. The van der Waals surface area contributed by atoms with Gasteiger partial charge in [0.2, 0.25) is 11.8 Å². The number of amides is 2. The van der Waals surface area contributed by atoms with E-state index in [0.29, 0.717) is 0 Å². The predicted molar refractivity (Wildman–Crippen MR) is 76.3 cm³/mol. The number of primary amides is 1. The molecule has 110 valence electrons. The maximum Gasteiger partial charge on any atom is 0.225 e. The molecule has 0 aromatic carbocycles. The minimum Gasteiger partial charge on any atom is -0.369 e. The smallest absolute Gasteiger partial charge is 0.225 e. The van der Waals surface area contributed by atoms with Crippen molar-refractivity contribution >= 4 is 11.8 Å². The Hall–Kier alpha value is -1.06. The summed E-state index contributed by atoms with van der Waals surface area (Å²) in [6.07, 6.45) is 2.42. The first-order valence-electron chi connectivity index (χ1n) is 7.02. The van der Waals surface area contributed by atoms with Crippen LogP contribution < -0.4 is 11.1 Å². The van der Waals surface area contributed by atoms with E-state index in [-0.39, 0.29) is 28.7 Å². The fourth-order valence-corrected chi connectivity index (χ4v) is 3.15. The molecule has 4 nitrogen and oxygen atoms in total. The normalized spacial score (nSPS) is 20.3. The van der Waals surface area contributed by atoms with Crippen molar-refractivity contribution in [3.63, 3.8) is 0 Å². The molecule has 0 bridgehead atoms. The Morgan fingerprint density at radius 2 is 1.58 bits per heavy atom. The first-order chi connectivity index (χ1) is 8.40. The van der Waals surface area contributed by atoms with Crippen molar-refractivity contribution in [1.29, 1.82) is 0 Å². The fraction of sp³-hybridized carbons (Fsp3) is 0.867. The minimum atomic E-state index is -0.659. The molecular weight excluding hydrogens is 240 g/mol. The van der Waals surface area contributed by atoms with Crippen LogP contribution in [0.5, 0.6) is 0 Å². The second-order valence-corrected chi connectivity index (χ2v) is 7.91. The van der Waals surface area contributed by atoms with Crippen molar-refractivity contribution in [2.75, 3.05) is 0 Å². The average molecular weight is 268 g/mol. The zero-order chi connectivity index (χ0) is 15.1. The molecule has 1 saturated carbocycles. The van der Waals surface area contributed by atoms with Gasteiger partial charge in [-0.2, -0.15) is 0 Å². The summed E-state index contributed by atoms with van der Waals surface area (Å²) in [5, 5.41) is 3.01. The highest BCUT2D eigenvalue weighted by Crippen LogP contribution is 2.53. The lowest BCUT2D eigenvalue weighted by molar-refractivity contribution is -0.154. The van der Waals surface area contributed by atoms with Crippen molar-refractivity contribution in [3.8, 4) is 0 Å². The van der Waals surface area contributed by atoms with Crippen LogP contribution in [0, 0.1) is 16.7 Å². The predicted octanol–water partition coefficient (Wildman–Crippen LogP) is 2.22. The average Bonchev–Trinajstić information content (AvgIpc) is 2.03. The molecule has 2 amide bonds. The molecule has 0 aromatic rings. The van der Waals surface area contributed by atoms with Gasteiger partial charge in [0.05, 0.1) is 11.3 Å². The topological polar surface area (TPSA) is 72.2 Å². The molecule has 1 aliphatic carbocycles.